The fourth-order valence-corrected chi connectivity index (χ4v) is 2.65. The summed E-state index contributed by atoms with van der Waals surface area (Å²) in [5, 5.41) is 6.17. The molecule has 1 aromatic rings. The smallest absolute Gasteiger partial charge is 0.224 e. The highest BCUT2D eigenvalue weighted by molar-refractivity contribution is 9.10. The number of benzene rings is 1. The molecule has 1 heterocycles. The number of methoxy groups -OCH3 is 1. The van der Waals surface area contributed by atoms with E-state index in [1.165, 1.54) is 0 Å². The lowest BCUT2D eigenvalue weighted by molar-refractivity contribution is -0.116. The first kappa shape index (κ1) is 13.4. The Hall–Kier alpha value is -1.07. The van der Waals surface area contributed by atoms with Crippen molar-refractivity contribution < 1.29 is 9.53 Å². The largest absolute Gasteiger partial charge is 0.496 e. The summed E-state index contributed by atoms with van der Waals surface area (Å²) in [6.07, 6.45) is 1.66. The molecular formula is C13H17BrN2O2. The van der Waals surface area contributed by atoms with Gasteiger partial charge < -0.3 is 15.4 Å². The number of rotatable bonds is 4. The average molecular weight is 313 g/mol. The molecule has 2 N–H and O–H groups in total. The minimum atomic E-state index is 0.0702. The highest BCUT2D eigenvalue weighted by Crippen LogP contribution is 2.27. The second kappa shape index (κ2) is 6.20. The zero-order valence-corrected chi connectivity index (χ0v) is 11.9. The Morgan fingerprint density at radius 1 is 1.61 bits per heavy atom. The van der Waals surface area contributed by atoms with Gasteiger partial charge in [-0.1, -0.05) is 0 Å². The number of hydrogen-bond acceptors (Lipinski definition) is 3. The van der Waals surface area contributed by atoms with E-state index in [1.807, 2.05) is 18.2 Å². The highest BCUT2D eigenvalue weighted by Gasteiger charge is 2.18. The Morgan fingerprint density at radius 2 is 2.44 bits per heavy atom. The van der Waals surface area contributed by atoms with Crippen LogP contribution in [0.25, 0.3) is 0 Å². The molecule has 4 nitrogen and oxygen atoms in total. The lowest BCUT2D eigenvalue weighted by Gasteiger charge is -2.10. The molecule has 1 aliphatic rings. The quantitative estimate of drug-likeness (QED) is 0.897. The molecule has 0 saturated carbocycles. The predicted molar refractivity (Wildman–Crippen MR) is 74.9 cm³/mol. The summed E-state index contributed by atoms with van der Waals surface area (Å²) >= 11 is 3.40. The Labute approximate surface area is 115 Å². The van der Waals surface area contributed by atoms with Crippen LogP contribution in [0.2, 0.25) is 0 Å². The van der Waals surface area contributed by atoms with Gasteiger partial charge in [0.15, 0.2) is 0 Å². The van der Waals surface area contributed by atoms with Gasteiger partial charge in [0.2, 0.25) is 5.91 Å². The summed E-state index contributed by atoms with van der Waals surface area (Å²) in [6, 6.07) is 5.52. The molecule has 0 spiro atoms. The fourth-order valence-electron chi connectivity index (χ4n) is 2.11. The van der Waals surface area contributed by atoms with E-state index in [0.717, 1.165) is 35.4 Å². The number of carbonyl (C=O) groups excluding carboxylic acids is 1. The van der Waals surface area contributed by atoms with E-state index in [1.54, 1.807) is 7.11 Å². The first-order valence-corrected chi connectivity index (χ1v) is 6.82. The van der Waals surface area contributed by atoms with E-state index in [4.69, 9.17) is 4.74 Å². The molecule has 0 aromatic heterocycles. The summed E-state index contributed by atoms with van der Waals surface area (Å²) in [4.78, 5) is 11.8. The maximum Gasteiger partial charge on any atom is 0.224 e. The monoisotopic (exact) mass is 312 g/mol. The second-order valence-electron chi connectivity index (χ2n) is 4.46. The number of ether oxygens (including phenoxy) is 1. The second-order valence-corrected chi connectivity index (χ2v) is 5.31. The number of nitrogens with one attached hydrogen (secondary N) is 2. The SMILES string of the molecule is COc1ccc(NC(=O)CC2CCNC2)cc1Br. The zero-order valence-electron chi connectivity index (χ0n) is 10.3. The molecule has 1 aromatic carbocycles. The van der Waals surface area contributed by atoms with Crippen molar-refractivity contribution in [2.75, 3.05) is 25.5 Å². The number of anilines is 1. The van der Waals surface area contributed by atoms with Crippen molar-refractivity contribution in [3.8, 4) is 5.75 Å². The molecule has 5 heteroatoms. The van der Waals surface area contributed by atoms with Gasteiger partial charge in [-0.15, -0.1) is 0 Å². The molecule has 1 atom stereocenters. The average Bonchev–Trinajstić information content (AvgIpc) is 2.82. The van der Waals surface area contributed by atoms with Gasteiger partial charge in [0.05, 0.1) is 11.6 Å². The molecule has 18 heavy (non-hydrogen) atoms. The lowest BCUT2D eigenvalue weighted by Crippen LogP contribution is -2.18. The third-order valence-electron chi connectivity index (χ3n) is 3.07. The van der Waals surface area contributed by atoms with Crippen LogP contribution in [0.15, 0.2) is 22.7 Å². The topological polar surface area (TPSA) is 50.4 Å². The fraction of sp³-hybridized carbons (Fsp3) is 0.462. The molecule has 0 radical (unpaired) electrons. The summed E-state index contributed by atoms with van der Waals surface area (Å²) < 4.78 is 5.98. The van der Waals surface area contributed by atoms with E-state index >= 15 is 0 Å². The predicted octanol–water partition coefficient (Wildman–Crippen LogP) is 2.40. The molecular weight excluding hydrogens is 296 g/mol. The molecule has 1 amide bonds. The van der Waals surface area contributed by atoms with Crippen LogP contribution in [0.1, 0.15) is 12.8 Å². The van der Waals surface area contributed by atoms with Crippen molar-refractivity contribution in [1.82, 2.24) is 5.32 Å². The van der Waals surface area contributed by atoms with E-state index in [2.05, 4.69) is 26.6 Å². The molecule has 98 valence electrons. The van der Waals surface area contributed by atoms with Gasteiger partial charge in [-0.3, -0.25) is 4.79 Å². The van der Waals surface area contributed by atoms with Gasteiger partial charge in [0.1, 0.15) is 5.75 Å². The summed E-state index contributed by atoms with van der Waals surface area (Å²) in [5.41, 5.74) is 0.790. The van der Waals surface area contributed by atoms with Gasteiger partial charge in [-0.2, -0.15) is 0 Å². The molecule has 1 saturated heterocycles. The van der Waals surface area contributed by atoms with Crippen LogP contribution in [-0.4, -0.2) is 26.1 Å². The zero-order chi connectivity index (χ0) is 13.0. The van der Waals surface area contributed by atoms with Crippen molar-refractivity contribution in [2.45, 2.75) is 12.8 Å². The van der Waals surface area contributed by atoms with Gasteiger partial charge in [-0.05, 0) is 59.6 Å². The number of carbonyl (C=O) groups is 1. The molecule has 1 aliphatic heterocycles. The van der Waals surface area contributed by atoms with Crippen molar-refractivity contribution in [2.24, 2.45) is 5.92 Å². The van der Waals surface area contributed by atoms with Crippen LogP contribution in [0.4, 0.5) is 5.69 Å². The first-order valence-electron chi connectivity index (χ1n) is 6.03. The molecule has 0 bridgehead atoms. The van der Waals surface area contributed by atoms with Crippen LogP contribution < -0.4 is 15.4 Å². The maximum absolute atomic E-state index is 11.8. The summed E-state index contributed by atoms with van der Waals surface area (Å²) in [7, 11) is 1.62. The van der Waals surface area contributed by atoms with Crippen molar-refractivity contribution >= 4 is 27.5 Å². The van der Waals surface area contributed by atoms with Crippen LogP contribution in [-0.2, 0) is 4.79 Å². The van der Waals surface area contributed by atoms with Crippen LogP contribution in [0.3, 0.4) is 0 Å². The van der Waals surface area contributed by atoms with Gasteiger partial charge in [0, 0.05) is 12.1 Å². The first-order chi connectivity index (χ1) is 8.69. The van der Waals surface area contributed by atoms with Crippen molar-refractivity contribution in [1.29, 1.82) is 0 Å². The van der Waals surface area contributed by atoms with Crippen molar-refractivity contribution in [3.63, 3.8) is 0 Å². The van der Waals surface area contributed by atoms with Gasteiger partial charge in [0.25, 0.3) is 0 Å². The lowest BCUT2D eigenvalue weighted by atomic mass is 10.0. The third kappa shape index (κ3) is 3.46. The van der Waals surface area contributed by atoms with Gasteiger partial charge in [-0.25, -0.2) is 0 Å². The Kier molecular flexibility index (Phi) is 4.60. The normalized spacial score (nSPS) is 18.7. The minimum Gasteiger partial charge on any atom is -0.496 e. The minimum absolute atomic E-state index is 0.0702. The van der Waals surface area contributed by atoms with E-state index in [9.17, 15) is 4.79 Å². The van der Waals surface area contributed by atoms with Gasteiger partial charge >= 0.3 is 0 Å². The van der Waals surface area contributed by atoms with E-state index in [-0.39, 0.29) is 5.91 Å². The Balaban J connectivity index is 1.92. The Bertz CT molecular complexity index is 431. The number of hydrogen-bond donors (Lipinski definition) is 2. The third-order valence-corrected chi connectivity index (χ3v) is 3.69. The summed E-state index contributed by atoms with van der Waals surface area (Å²) in [5.74, 6) is 1.29. The van der Waals surface area contributed by atoms with E-state index < -0.39 is 0 Å². The highest BCUT2D eigenvalue weighted by atomic mass is 79.9. The standard InChI is InChI=1S/C13H17BrN2O2/c1-18-12-3-2-10(7-11(12)14)16-13(17)6-9-4-5-15-8-9/h2-3,7,9,15H,4-6,8H2,1H3,(H,16,17). The number of halogens is 1. The van der Waals surface area contributed by atoms with Crippen molar-refractivity contribution in [3.05, 3.63) is 22.7 Å². The molecule has 0 aliphatic carbocycles. The summed E-state index contributed by atoms with van der Waals surface area (Å²) in [6.45, 7) is 1.96. The Morgan fingerprint density at radius 3 is 3.06 bits per heavy atom. The van der Waals surface area contributed by atoms with Crippen LogP contribution in [0.5, 0.6) is 5.75 Å². The van der Waals surface area contributed by atoms with E-state index in [0.29, 0.717) is 12.3 Å². The van der Waals surface area contributed by atoms with Crippen LogP contribution >= 0.6 is 15.9 Å². The van der Waals surface area contributed by atoms with Crippen LogP contribution in [0, 0.1) is 5.92 Å². The molecule has 2 rings (SSSR count). The maximum atomic E-state index is 11.8. The number of amides is 1. The molecule has 1 unspecified atom stereocenters. The molecule has 1 fully saturated rings.